The standard InChI is InChI=1S/C14H14N2.C4H6O3/c1-15-11-7-3-5-9-13(11)16(2)14-10-6-4-8-12(14)15;1-3-2-6-4(5)7-3/h3-10H,1-2H3;3H,2H2,1H3. The summed E-state index contributed by atoms with van der Waals surface area (Å²) in [6, 6.07) is 16.9. The van der Waals surface area contributed by atoms with E-state index < -0.39 is 6.16 Å². The van der Waals surface area contributed by atoms with Gasteiger partial charge in [-0.1, -0.05) is 24.3 Å². The van der Waals surface area contributed by atoms with Crippen molar-refractivity contribution in [2.75, 3.05) is 30.5 Å². The molecule has 0 N–H and O–H groups in total. The fourth-order valence-electron chi connectivity index (χ4n) is 2.74. The van der Waals surface area contributed by atoms with Gasteiger partial charge in [0.15, 0.2) is 0 Å². The average molecular weight is 312 g/mol. The van der Waals surface area contributed by atoms with Crippen molar-refractivity contribution in [2.45, 2.75) is 13.0 Å². The third-order valence-electron chi connectivity index (χ3n) is 3.94. The Kier molecular flexibility index (Phi) is 4.10. The fourth-order valence-corrected chi connectivity index (χ4v) is 2.74. The molecule has 120 valence electrons. The quantitative estimate of drug-likeness (QED) is 0.686. The molecule has 2 aromatic rings. The SMILES string of the molecule is CC1COC(=O)O1.CN1c2ccccc2N(C)c2ccccc21. The van der Waals surface area contributed by atoms with Crippen molar-refractivity contribution in [3.63, 3.8) is 0 Å². The van der Waals surface area contributed by atoms with E-state index in [-0.39, 0.29) is 6.10 Å². The van der Waals surface area contributed by atoms with Gasteiger partial charge in [0.1, 0.15) is 12.7 Å². The van der Waals surface area contributed by atoms with Crippen LogP contribution >= 0.6 is 0 Å². The Hall–Kier alpha value is -2.69. The molecule has 0 saturated carbocycles. The summed E-state index contributed by atoms with van der Waals surface area (Å²) >= 11 is 0. The van der Waals surface area contributed by atoms with Crippen molar-refractivity contribution >= 4 is 28.9 Å². The van der Waals surface area contributed by atoms with Gasteiger partial charge in [-0.05, 0) is 31.2 Å². The molecule has 1 atom stereocenters. The van der Waals surface area contributed by atoms with Crippen molar-refractivity contribution in [1.29, 1.82) is 0 Å². The fraction of sp³-hybridized carbons (Fsp3) is 0.278. The topological polar surface area (TPSA) is 42.0 Å². The third-order valence-corrected chi connectivity index (χ3v) is 3.94. The summed E-state index contributed by atoms with van der Waals surface area (Å²) in [4.78, 5) is 14.5. The maximum absolute atomic E-state index is 10.0. The van der Waals surface area contributed by atoms with Crippen LogP contribution in [0.4, 0.5) is 27.5 Å². The van der Waals surface area contributed by atoms with Gasteiger partial charge in [0.2, 0.25) is 0 Å². The van der Waals surface area contributed by atoms with E-state index >= 15 is 0 Å². The Morgan fingerprint density at radius 1 is 0.870 bits per heavy atom. The minimum atomic E-state index is -0.549. The first-order valence-electron chi connectivity index (χ1n) is 7.57. The maximum Gasteiger partial charge on any atom is 0.508 e. The molecule has 0 amide bonds. The van der Waals surface area contributed by atoms with E-state index in [2.05, 4.69) is 81.9 Å². The molecule has 1 saturated heterocycles. The molecule has 23 heavy (non-hydrogen) atoms. The monoisotopic (exact) mass is 312 g/mol. The summed E-state index contributed by atoms with van der Waals surface area (Å²) in [5.74, 6) is 0. The van der Waals surface area contributed by atoms with Crippen molar-refractivity contribution < 1.29 is 14.3 Å². The first-order chi connectivity index (χ1) is 11.1. The molecule has 1 unspecified atom stereocenters. The lowest BCUT2D eigenvalue weighted by Gasteiger charge is -2.36. The highest BCUT2D eigenvalue weighted by atomic mass is 16.8. The molecular weight excluding hydrogens is 292 g/mol. The summed E-state index contributed by atoms with van der Waals surface area (Å²) in [6.07, 6.45) is -0.597. The lowest BCUT2D eigenvalue weighted by molar-refractivity contribution is 0.121. The van der Waals surface area contributed by atoms with E-state index in [0.717, 1.165) is 0 Å². The van der Waals surface area contributed by atoms with E-state index in [0.29, 0.717) is 6.61 Å². The number of carbonyl (C=O) groups is 1. The number of para-hydroxylation sites is 4. The number of cyclic esters (lactones) is 2. The van der Waals surface area contributed by atoms with Crippen LogP contribution in [0.25, 0.3) is 0 Å². The molecule has 0 bridgehead atoms. The molecule has 0 aromatic heterocycles. The number of ether oxygens (including phenoxy) is 2. The van der Waals surface area contributed by atoms with Crippen molar-refractivity contribution in [3.05, 3.63) is 48.5 Å². The zero-order valence-electron chi connectivity index (χ0n) is 13.5. The molecule has 2 heterocycles. The second kappa shape index (κ2) is 6.20. The van der Waals surface area contributed by atoms with Crippen LogP contribution in [0.1, 0.15) is 6.92 Å². The molecule has 5 heteroatoms. The Bertz CT molecular complexity index is 621. The van der Waals surface area contributed by atoms with Gasteiger partial charge in [0.25, 0.3) is 0 Å². The molecule has 5 nitrogen and oxygen atoms in total. The highest BCUT2D eigenvalue weighted by molar-refractivity contribution is 5.92. The second-order valence-corrected chi connectivity index (χ2v) is 5.58. The van der Waals surface area contributed by atoms with Gasteiger partial charge in [-0.3, -0.25) is 0 Å². The van der Waals surface area contributed by atoms with E-state index in [1.807, 2.05) is 0 Å². The highest BCUT2D eigenvalue weighted by Gasteiger charge is 2.22. The number of benzene rings is 2. The Morgan fingerprint density at radius 2 is 1.26 bits per heavy atom. The second-order valence-electron chi connectivity index (χ2n) is 5.58. The molecule has 4 rings (SSSR count). The summed E-state index contributed by atoms with van der Waals surface area (Å²) < 4.78 is 8.90. The van der Waals surface area contributed by atoms with Gasteiger partial charge >= 0.3 is 6.16 Å². The predicted octanol–water partition coefficient (Wildman–Crippen LogP) is 4.08. The Morgan fingerprint density at radius 3 is 1.48 bits per heavy atom. The van der Waals surface area contributed by atoms with Crippen LogP contribution in [0.3, 0.4) is 0 Å². The summed E-state index contributed by atoms with van der Waals surface area (Å²) in [7, 11) is 4.23. The van der Waals surface area contributed by atoms with E-state index in [9.17, 15) is 4.79 Å². The van der Waals surface area contributed by atoms with Crippen molar-refractivity contribution in [3.8, 4) is 0 Å². The van der Waals surface area contributed by atoms with Crippen LogP contribution < -0.4 is 9.80 Å². The largest absolute Gasteiger partial charge is 0.508 e. The smallest absolute Gasteiger partial charge is 0.430 e. The van der Waals surface area contributed by atoms with Gasteiger partial charge in [0, 0.05) is 14.1 Å². The first-order valence-corrected chi connectivity index (χ1v) is 7.57. The van der Waals surface area contributed by atoms with Crippen LogP contribution in [0.15, 0.2) is 48.5 Å². The summed E-state index contributed by atoms with van der Waals surface area (Å²) in [5.41, 5.74) is 5.01. The molecule has 1 fully saturated rings. The van der Waals surface area contributed by atoms with Gasteiger partial charge in [0.05, 0.1) is 22.7 Å². The predicted molar refractivity (Wildman–Crippen MR) is 90.9 cm³/mol. The number of rotatable bonds is 0. The number of hydrogen-bond donors (Lipinski definition) is 0. The lowest BCUT2D eigenvalue weighted by atomic mass is 10.1. The zero-order valence-corrected chi connectivity index (χ0v) is 13.5. The number of carbonyl (C=O) groups excluding carboxylic acids is 1. The van der Waals surface area contributed by atoms with E-state index in [1.165, 1.54) is 22.7 Å². The maximum atomic E-state index is 10.0. The van der Waals surface area contributed by atoms with Crippen LogP contribution in [0.2, 0.25) is 0 Å². The number of fused-ring (bicyclic) bond motifs is 2. The average Bonchev–Trinajstić information content (AvgIpc) is 2.96. The number of anilines is 4. The molecule has 0 radical (unpaired) electrons. The van der Waals surface area contributed by atoms with Crippen molar-refractivity contribution in [2.24, 2.45) is 0 Å². The van der Waals surface area contributed by atoms with Gasteiger partial charge < -0.3 is 19.3 Å². The minimum absolute atomic E-state index is 0.0486. The molecule has 0 spiro atoms. The summed E-state index contributed by atoms with van der Waals surface area (Å²) in [6.45, 7) is 2.18. The van der Waals surface area contributed by atoms with E-state index in [1.54, 1.807) is 6.92 Å². The number of hydrogen-bond acceptors (Lipinski definition) is 5. The van der Waals surface area contributed by atoms with Crippen molar-refractivity contribution in [1.82, 2.24) is 0 Å². The van der Waals surface area contributed by atoms with Crippen LogP contribution in [0, 0.1) is 0 Å². The minimum Gasteiger partial charge on any atom is -0.430 e. The van der Waals surface area contributed by atoms with Gasteiger partial charge in [-0.15, -0.1) is 0 Å². The molecule has 0 aliphatic carbocycles. The van der Waals surface area contributed by atoms with Gasteiger partial charge in [-0.25, -0.2) is 4.79 Å². The third kappa shape index (κ3) is 2.95. The Labute approximate surface area is 136 Å². The highest BCUT2D eigenvalue weighted by Crippen LogP contribution is 2.45. The molecular formula is C18H20N2O3. The van der Waals surface area contributed by atoms with E-state index in [4.69, 9.17) is 0 Å². The van der Waals surface area contributed by atoms with Crippen LogP contribution in [0.5, 0.6) is 0 Å². The lowest BCUT2D eigenvalue weighted by Crippen LogP contribution is -2.23. The van der Waals surface area contributed by atoms with Crippen LogP contribution in [-0.2, 0) is 9.47 Å². The molecule has 2 aliphatic rings. The molecule has 2 aromatic carbocycles. The number of nitrogens with zero attached hydrogens (tertiary/aromatic N) is 2. The van der Waals surface area contributed by atoms with Gasteiger partial charge in [-0.2, -0.15) is 0 Å². The van der Waals surface area contributed by atoms with Crippen LogP contribution in [-0.4, -0.2) is 33.0 Å². The Balaban J connectivity index is 0.000000188. The summed E-state index contributed by atoms with van der Waals surface area (Å²) in [5, 5.41) is 0. The molecule has 2 aliphatic heterocycles. The normalized spacial score (nSPS) is 18.2. The first kappa shape index (κ1) is 15.2. The zero-order chi connectivity index (χ0) is 16.4.